The summed E-state index contributed by atoms with van der Waals surface area (Å²) in [5.41, 5.74) is 8.61. The van der Waals surface area contributed by atoms with Crippen molar-refractivity contribution in [2.24, 2.45) is 0 Å². The third-order valence-electron chi connectivity index (χ3n) is 6.14. The standard InChI is InChI=1S/C32H28O2S/c1-3-24(22-35-29-8-4-7-23(2)21-29)32(27-15-11-25(12-16-27)30-9-5-19-33-30)28-17-13-26(14-18-28)31-10-6-20-34-31/h4-21H,3,22H2,1-2H3. The first-order valence-corrected chi connectivity index (χ1v) is 12.9. The van der Waals surface area contributed by atoms with Crippen molar-refractivity contribution in [3.05, 3.63) is 132 Å². The van der Waals surface area contributed by atoms with Crippen molar-refractivity contribution in [2.45, 2.75) is 25.2 Å². The highest BCUT2D eigenvalue weighted by Gasteiger charge is 2.14. The Morgan fingerprint density at radius 2 is 1.26 bits per heavy atom. The van der Waals surface area contributed by atoms with Gasteiger partial charge in [0.05, 0.1) is 12.5 Å². The van der Waals surface area contributed by atoms with Crippen LogP contribution in [0.1, 0.15) is 30.0 Å². The molecule has 0 saturated heterocycles. The van der Waals surface area contributed by atoms with Crippen LogP contribution in [0.3, 0.4) is 0 Å². The third-order valence-corrected chi connectivity index (χ3v) is 7.22. The molecule has 0 bridgehead atoms. The molecule has 0 unspecified atom stereocenters. The second-order valence-corrected chi connectivity index (χ2v) is 9.60. The van der Waals surface area contributed by atoms with Gasteiger partial charge < -0.3 is 8.83 Å². The maximum absolute atomic E-state index is 5.59. The first kappa shape index (κ1) is 23.1. The van der Waals surface area contributed by atoms with Gasteiger partial charge in [0, 0.05) is 21.8 Å². The number of benzene rings is 3. The fourth-order valence-electron chi connectivity index (χ4n) is 4.29. The van der Waals surface area contributed by atoms with Crippen molar-refractivity contribution in [1.29, 1.82) is 0 Å². The van der Waals surface area contributed by atoms with Crippen LogP contribution in [0.25, 0.3) is 28.2 Å². The van der Waals surface area contributed by atoms with Gasteiger partial charge in [0.15, 0.2) is 0 Å². The molecule has 3 heteroatoms. The Bertz CT molecular complexity index is 1310. The van der Waals surface area contributed by atoms with Crippen LogP contribution >= 0.6 is 11.8 Å². The van der Waals surface area contributed by atoms with Gasteiger partial charge in [-0.2, -0.15) is 0 Å². The smallest absolute Gasteiger partial charge is 0.133 e. The molecule has 0 N–H and O–H groups in total. The van der Waals surface area contributed by atoms with Crippen molar-refractivity contribution in [2.75, 3.05) is 5.75 Å². The molecule has 174 valence electrons. The highest BCUT2D eigenvalue weighted by atomic mass is 32.2. The molecule has 0 radical (unpaired) electrons. The summed E-state index contributed by atoms with van der Waals surface area (Å²) >= 11 is 1.90. The average Bonchev–Trinajstić information content (AvgIpc) is 3.62. The van der Waals surface area contributed by atoms with Crippen LogP contribution in [0, 0.1) is 6.92 Å². The van der Waals surface area contributed by atoms with Crippen molar-refractivity contribution in [3.63, 3.8) is 0 Å². The van der Waals surface area contributed by atoms with Crippen molar-refractivity contribution < 1.29 is 8.83 Å². The van der Waals surface area contributed by atoms with Crippen LogP contribution in [0.5, 0.6) is 0 Å². The van der Waals surface area contributed by atoms with E-state index in [9.17, 15) is 0 Å². The van der Waals surface area contributed by atoms with Gasteiger partial charge in [-0.25, -0.2) is 0 Å². The lowest BCUT2D eigenvalue weighted by Gasteiger charge is -2.17. The second kappa shape index (κ2) is 10.7. The van der Waals surface area contributed by atoms with E-state index in [4.69, 9.17) is 8.83 Å². The third kappa shape index (κ3) is 5.36. The minimum absolute atomic E-state index is 0.885. The summed E-state index contributed by atoms with van der Waals surface area (Å²) in [5, 5.41) is 0. The van der Waals surface area contributed by atoms with Gasteiger partial charge in [0.25, 0.3) is 0 Å². The maximum Gasteiger partial charge on any atom is 0.133 e. The summed E-state index contributed by atoms with van der Waals surface area (Å²) in [6, 6.07) is 34.0. The molecular weight excluding hydrogens is 448 g/mol. The molecule has 0 aliphatic rings. The van der Waals surface area contributed by atoms with Crippen LogP contribution in [0.4, 0.5) is 0 Å². The topological polar surface area (TPSA) is 26.3 Å². The SMILES string of the molecule is CCC(CSc1cccc(C)c1)=C(c1ccc(-c2ccco2)cc1)c1ccc(-c2ccco2)cc1. The monoisotopic (exact) mass is 476 g/mol. The van der Waals surface area contributed by atoms with Crippen molar-refractivity contribution >= 4 is 17.3 Å². The molecule has 2 aromatic heterocycles. The van der Waals surface area contributed by atoms with Crippen molar-refractivity contribution in [1.82, 2.24) is 0 Å². The summed E-state index contributed by atoms with van der Waals surface area (Å²) in [5.74, 6) is 2.71. The number of hydrogen-bond acceptors (Lipinski definition) is 3. The Morgan fingerprint density at radius 3 is 1.71 bits per heavy atom. The van der Waals surface area contributed by atoms with Crippen LogP contribution < -0.4 is 0 Å². The zero-order chi connectivity index (χ0) is 24.0. The molecule has 5 aromatic rings. The Kier molecular flexibility index (Phi) is 7.06. The molecule has 2 heterocycles. The van der Waals surface area contributed by atoms with Gasteiger partial charge in [-0.3, -0.25) is 0 Å². The van der Waals surface area contributed by atoms with Crippen LogP contribution in [-0.4, -0.2) is 5.75 Å². The molecule has 0 saturated carbocycles. The van der Waals surface area contributed by atoms with Gasteiger partial charge in [-0.15, -0.1) is 11.8 Å². The number of thioether (sulfide) groups is 1. The number of hydrogen-bond donors (Lipinski definition) is 0. The van der Waals surface area contributed by atoms with Gasteiger partial charge in [-0.1, -0.05) is 78.7 Å². The number of aryl methyl sites for hydroxylation is 1. The highest BCUT2D eigenvalue weighted by Crippen LogP contribution is 2.34. The Labute approximate surface area is 211 Å². The van der Waals surface area contributed by atoms with Gasteiger partial charge in [0.1, 0.15) is 11.5 Å². The molecule has 0 aliphatic heterocycles. The molecule has 0 spiro atoms. The number of rotatable bonds is 8. The summed E-state index contributed by atoms with van der Waals surface area (Å²) in [6.07, 6.45) is 4.41. The first-order valence-electron chi connectivity index (χ1n) is 11.9. The predicted octanol–water partition coefficient (Wildman–Crippen LogP) is 9.52. The lowest BCUT2D eigenvalue weighted by Crippen LogP contribution is -1.98. The quantitative estimate of drug-likeness (QED) is 0.209. The second-order valence-electron chi connectivity index (χ2n) is 8.55. The summed E-state index contributed by atoms with van der Waals surface area (Å²) < 4.78 is 11.2. The van der Waals surface area contributed by atoms with Crippen LogP contribution in [0.2, 0.25) is 0 Å². The molecule has 0 atom stereocenters. The van der Waals surface area contributed by atoms with Gasteiger partial charge in [0.2, 0.25) is 0 Å². The zero-order valence-electron chi connectivity index (χ0n) is 20.0. The molecule has 35 heavy (non-hydrogen) atoms. The maximum atomic E-state index is 5.59. The molecule has 3 aromatic carbocycles. The largest absolute Gasteiger partial charge is 0.464 e. The van der Waals surface area contributed by atoms with Crippen LogP contribution in [-0.2, 0) is 0 Å². The highest BCUT2D eigenvalue weighted by molar-refractivity contribution is 7.99. The summed E-state index contributed by atoms with van der Waals surface area (Å²) in [6.45, 7) is 4.40. The zero-order valence-corrected chi connectivity index (χ0v) is 20.8. The summed E-state index contributed by atoms with van der Waals surface area (Å²) in [7, 11) is 0. The van der Waals surface area contributed by atoms with E-state index < -0.39 is 0 Å². The lowest BCUT2D eigenvalue weighted by atomic mass is 9.91. The molecule has 0 amide bonds. The predicted molar refractivity (Wildman–Crippen MR) is 147 cm³/mol. The molecule has 5 rings (SSSR count). The van der Waals surface area contributed by atoms with E-state index in [0.29, 0.717) is 0 Å². The lowest BCUT2D eigenvalue weighted by molar-refractivity contribution is 0.582. The van der Waals surface area contributed by atoms with E-state index in [-0.39, 0.29) is 0 Å². The fraction of sp³-hybridized carbons (Fsp3) is 0.125. The van der Waals surface area contributed by atoms with Crippen molar-refractivity contribution in [3.8, 4) is 22.6 Å². The molecule has 2 nitrogen and oxygen atoms in total. The average molecular weight is 477 g/mol. The van der Waals surface area contributed by atoms with E-state index >= 15 is 0 Å². The number of furan rings is 2. The van der Waals surface area contributed by atoms with E-state index in [0.717, 1.165) is 34.8 Å². The minimum atomic E-state index is 0.885. The minimum Gasteiger partial charge on any atom is -0.464 e. The normalized spacial score (nSPS) is 10.9. The first-order chi connectivity index (χ1) is 17.2. The van der Waals surface area contributed by atoms with Gasteiger partial charge in [-0.05, 0) is 66.4 Å². The Morgan fingerprint density at radius 1 is 0.686 bits per heavy atom. The Balaban J connectivity index is 1.53. The molecule has 0 aliphatic carbocycles. The molecule has 0 fully saturated rings. The van der Waals surface area contributed by atoms with Crippen LogP contribution in [0.15, 0.2) is 129 Å². The van der Waals surface area contributed by atoms with E-state index in [1.807, 2.05) is 36.0 Å². The van der Waals surface area contributed by atoms with E-state index in [1.54, 1.807) is 12.5 Å². The molecular formula is C32H28O2S. The Hall–Kier alpha value is -3.69. The summed E-state index contributed by atoms with van der Waals surface area (Å²) in [4.78, 5) is 1.30. The van der Waals surface area contributed by atoms with E-state index in [2.05, 4.69) is 86.6 Å². The van der Waals surface area contributed by atoms with Gasteiger partial charge >= 0.3 is 0 Å². The van der Waals surface area contributed by atoms with E-state index in [1.165, 1.54) is 32.7 Å². The fourth-order valence-corrected chi connectivity index (χ4v) is 5.42.